The van der Waals surface area contributed by atoms with Gasteiger partial charge in [0, 0.05) is 13.2 Å². The molecule has 0 aliphatic carbocycles. The number of nitrogens with zero attached hydrogens (tertiary/aromatic N) is 1. The summed E-state index contributed by atoms with van der Waals surface area (Å²) in [7, 11) is 1.70. The Kier molecular flexibility index (Phi) is 5.38. The number of ether oxygens (including phenoxy) is 2. The van der Waals surface area contributed by atoms with E-state index in [2.05, 4.69) is 22.4 Å². The van der Waals surface area contributed by atoms with Gasteiger partial charge in [-0.2, -0.15) is 0 Å². The number of hydrogen-bond acceptors (Lipinski definition) is 4. The van der Waals surface area contributed by atoms with Gasteiger partial charge in [0.25, 0.3) is 0 Å². The molecule has 0 fully saturated rings. The zero-order chi connectivity index (χ0) is 14.2. The normalized spacial score (nSPS) is 11.9. The second-order valence-electron chi connectivity index (χ2n) is 4.38. The van der Waals surface area contributed by atoms with Crippen LogP contribution in [0, 0.1) is 0 Å². The summed E-state index contributed by atoms with van der Waals surface area (Å²) in [5.74, 6) is 0.640. The Bertz CT molecular complexity index is 500. The number of methoxy groups -OCH3 is 1. The lowest BCUT2D eigenvalue weighted by molar-refractivity contribution is 0.186. The van der Waals surface area contributed by atoms with Crippen molar-refractivity contribution in [3.8, 4) is 5.88 Å². The summed E-state index contributed by atoms with van der Waals surface area (Å²) in [6.45, 7) is 3.16. The topological polar surface area (TPSA) is 43.4 Å². The number of benzene rings is 1. The van der Waals surface area contributed by atoms with E-state index in [1.807, 2.05) is 37.3 Å². The minimum absolute atomic E-state index is 0.0981. The van der Waals surface area contributed by atoms with Crippen molar-refractivity contribution < 1.29 is 9.47 Å². The molecule has 0 aliphatic rings. The summed E-state index contributed by atoms with van der Waals surface area (Å²) in [5, 5.41) is 3.42. The van der Waals surface area contributed by atoms with Gasteiger partial charge in [0.15, 0.2) is 0 Å². The lowest BCUT2D eigenvalue weighted by atomic mass is 10.1. The van der Waals surface area contributed by atoms with Gasteiger partial charge in [0.1, 0.15) is 0 Å². The van der Waals surface area contributed by atoms with Crippen molar-refractivity contribution in [1.29, 1.82) is 0 Å². The highest BCUT2D eigenvalue weighted by molar-refractivity contribution is 5.44. The molecule has 1 unspecified atom stereocenters. The van der Waals surface area contributed by atoms with Crippen LogP contribution >= 0.6 is 0 Å². The number of aromatic nitrogens is 1. The molecule has 2 aromatic rings. The fourth-order valence-electron chi connectivity index (χ4n) is 1.97. The average Bonchev–Trinajstić information content (AvgIpc) is 2.50. The molecule has 1 aromatic heterocycles. The maximum Gasteiger partial charge on any atom is 0.213 e. The van der Waals surface area contributed by atoms with Crippen LogP contribution in [0.4, 0.5) is 5.69 Å². The molecular weight excluding hydrogens is 252 g/mol. The third kappa shape index (κ3) is 3.96. The zero-order valence-corrected chi connectivity index (χ0v) is 11.9. The lowest BCUT2D eigenvalue weighted by Gasteiger charge is -2.19. The third-order valence-electron chi connectivity index (χ3n) is 2.90. The predicted octanol–water partition coefficient (Wildman–Crippen LogP) is 3.28. The average molecular weight is 272 g/mol. The van der Waals surface area contributed by atoms with E-state index in [9.17, 15) is 0 Å². The van der Waals surface area contributed by atoms with Crippen LogP contribution in [0.25, 0.3) is 0 Å². The van der Waals surface area contributed by atoms with Crippen LogP contribution < -0.4 is 10.1 Å². The first-order chi connectivity index (χ1) is 9.83. The molecule has 106 valence electrons. The minimum Gasteiger partial charge on any atom is -0.478 e. The zero-order valence-electron chi connectivity index (χ0n) is 11.9. The molecule has 0 aliphatic heterocycles. The fourth-order valence-corrected chi connectivity index (χ4v) is 1.97. The third-order valence-corrected chi connectivity index (χ3v) is 2.90. The summed E-state index contributed by atoms with van der Waals surface area (Å²) in [6, 6.07) is 14.1. The molecule has 1 N–H and O–H groups in total. The van der Waals surface area contributed by atoms with Crippen LogP contribution in [0.15, 0.2) is 48.7 Å². The highest BCUT2D eigenvalue weighted by Gasteiger charge is 2.10. The van der Waals surface area contributed by atoms with E-state index < -0.39 is 0 Å². The van der Waals surface area contributed by atoms with E-state index in [0.717, 1.165) is 5.69 Å². The molecule has 4 nitrogen and oxygen atoms in total. The smallest absolute Gasteiger partial charge is 0.213 e. The van der Waals surface area contributed by atoms with Crippen molar-refractivity contribution in [2.75, 3.05) is 25.6 Å². The van der Waals surface area contributed by atoms with Gasteiger partial charge in [-0.25, -0.2) is 4.98 Å². The molecule has 1 heterocycles. The van der Waals surface area contributed by atoms with Crippen molar-refractivity contribution in [2.24, 2.45) is 0 Å². The maximum atomic E-state index is 5.33. The van der Waals surface area contributed by atoms with Gasteiger partial charge >= 0.3 is 0 Å². The van der Waals surface area contributed by atoms with Crippen LogP contribution in [0.3, 0.4) is 0 Å². The van der Waals surface area contributed by atoms with E-state index in [4.69, 9.17) is 9.47 Å². The van der Waals surface area contributed by atoms with Crippen molar-refractivity contribution in [3.63, 3.8) is 0 Å². The molecule has 1 atom stereocenters. The van der Waals surface area contributed by atoms with Gasteiger partial charge in [-0.3, -0.25) is 0 Å². The van der Waals surface area contributed by atoms with Crippen molar-refractivity contribution in [1.82, 2.24) is 4.98 Å². The monoisotopic (exact) mass is 272 g/mol. The molecule has 0 bridgehead atoms. The maximum absolute atomic E-state index is 5.33. The molecule has 0 saturated heterocycles. The largest absolute Gasteiger partial charge is 0.478 e. The summed E-state index contributed by atoms with van der Waals surface area (Å²) in [6.07, 6.45) is 1.77. The Balaban J connectivity index is 2.08. The Morgan fingerprint density at radius 1 is 1.15 bits per heavy atom. The molecule has 0 spiro atoms. The molecular formula is C16H20N2O2. The van der Waals surface area contributed by atoms with Gasteiger partial charge < -0.3 is 14.8 Å². The van der Waals surface area contributed by atoms with Crippen LogP contribution in [0.1, 0.15) is 18.5 Å². The first kappa shape index (κ1) is 14.3. The van der Waals surface area contributed by atoms with Crippen LogP contribution in [-0.2, 0) is 4.74 Å². The summed E-state index contributed by atoms with van der Waals surface area (Å²) < 4.78 is 10.6. The Labute approximate surface area is 119 Å². The minimum atomic E-state index is 0.0981. The lowest BCUT2D eigenvalue weighted by Crippen LogP contribution is -2.16. The molecule has 0 saturated carbocycles. The standard InChI is InChI=1S/C16H20N2O2/c1-3-20-16-10-9-14(11-17-16)18-15(12-19-2)13-7-5-4-6-8-13/h4-11,15,18H,3,12H2,1-2H3. The Morgan fingerprint density at radius 2 is 1.95 bits per heavy atom. The summed E-state index contributed by atoms with van der Waals surface area (Å²) in [4.78, 5) is 4.25. The van der Waals surface area contributed by atoms with Crippen LogP contribution in [0.2, 0.25) is 0 Å². The second kappa shape index (κ2) is 7.50. The number of nitrogens with one attached hydrogen (secondary N) is 1. The van der Waals surface area contributed by atoms with Gasteiger partial charge in [0.2, 0.25) is 5.88 Å². The second-order valence-corrected chi connectivity index (χ2v) is 4.38. The summed E-state index contributed by atoms with van der Waals surface area (Å²) >= 11 is 0. The number of rotatable bonds is 7. The van der Waals surface area contributed by atoms with Crippen molar-refractivity contribution in [2.45, 2.75) is 13.0 Å². The molecule has 2 rings (SSSR count). The van der Waals surface area contributed by atoms with E-state index in [-0.39, 0.29) is 6.04 Å². The highest BCUT2D eigenvalue weighted by atomic mass is 16.5. The van der Waals surface area contributed by atoms with E-state index >= 15 is 0 Å². The first-order valence-electron chi connectivity index (χ1n) is 6.72. The Morgan fingerprint density at radius 3 is 2.55 bits per heavy atom. The predicted molar refractivity (Wildman–Crippen MR) is 80.1 cm³/mol. The molecule has 4 heteroatoms. The van der Waals surface area contributed by atoms with E-state index in [1.54, 1.807) is 13.3 Å². The summed E-state index contributed by atoms with van der Waals surface area (Å²) in [5.41, 5.74) is 2.13. The highest BCUT2D eigenvalue weighted by Crippen LogP contribution is 2.20. The number of anilines is 1. The van der Waals surface area contributed by atoms with E-state index in [1.165, 1.54) is 5.56 Å². The number of pyridine rings is 1. The van der Waals surface area contributed by atoms with Crippen molar-refractivity contribution >= 4 is 5.69 Å². The van der Waals surface area contributed by atoms with Gasteiger partial charge in [-0.1, -0.05) is 30.3 Å². The molecule has 0 amide bonds. The van der Waals surface area contributed by atoms with Crippen LogP contribution in [-0.4, -0.2) is 25.3 Å². The Hall–Kier alpha value is -2.07. The van der Waals surface area contributed by atoms with Gasteiger partial charge in [0.05, 0.1) is 31.1 Å². The molecule has 1 aromatic carbocycles. The first-order valence-corrected chi connectivity index (χ1v) is 6.72. The van der Waals surface area contributed by atoms with Gasteiger partial charge in [-0.15, -0.1) is 0 Å². The molecule has 20 heavy (non-hydrogen) atoms. The van der Waals surface area contributed by atoms with Crippen LogP contribution in [0.5, 0.6) is 5.88 Å². The van der Waals surface area contributed by atoms with Crippen molar-refractivity contribution in [3.05, 3.63) is 54.2 Å². The van der Waals surface area contributed by atoms with E-state index in [0.29, 0.717) is 19.1 Å². The molecule has 0 radical (unpaired) electrons. The quantitative estimate of drug-likeness (QED) is 0.840. The SMILES string of the molecule is CCOc1ccc(NC(COC)c2ccccc2)cn1. The fraction of sp³-hybridized carbons (Fsp3) is 0.312. The van der Waals surface area contributed by atoms with Gasteiger partial charge in [-0.05, 0) is 18.6 Å². The number of hydrogen-bond donors (Lipinski definition) is 1.